The van der Waals surface area contributed by atoms with Crippen LogP contribution in [0.5, 0.6) is 0 Å². The maximum absolute atomic E-state index is 11.8. The molecule has 116 valence electrons. The zero-order valence-corrected chi connectivity index (χ0v) is 13.9. The number of carbonyl (C=O) groups is 1. The second-order valence-corrected chi connectivity index (χ2v) is 6.46. The van der Waals surface area contributed by atoms with Crippen molar-refractivity contribution in [1.29, 1.82) is 5.26 Å². The van der Waals surface area contributed by atoms with E-state index in [-0.39, 0.29) is 22.7 Å². The smallest absolute Gasteiger partial charge is 0.350 e. The minimum atomic E-state index is -0.489. The van der Waals surface area contributed by atoms with E-state index < -0.39 is 5.97 Å². The van der Waals surface area contributed by atoms with E-state index in [1.165, 1.54) is 0 Å². The number of carbonyl (C=O) groups excluding carboxylic acids is 1. The Morgan fingerprint density at radius 3 is 2.62 bits per heavy atom. The summed E-state index contributed by atoms with van der Waals surface area (Å²) in [4.78, 5) is 14.2. The second-order valence-electron chi connectivity index (χ2n) is 5.44. The van der Waals surface area contributed by atoms with Gasteiger partial charge in [-0.1, -0.05) is 0 Å². The van der Waals surface area contributed by atoms with Gasteiger partial charge < -0.3 is 20.7 Å². The van der Waals surface area contributed by atoms with Crippen LogP contribution >= 0.6 is 11.3 Å². The molecule has 0 aliphatic carbocycles. The van der Waals surface area contributed by atoms with Crippen LogP contribution in [0, 0.1) is 11.3 Å². The van der Waals surface area contributed by atoms with Crippen LogP contribution in [0.2, 0.25) is 0 Å². The van der Waals surface area contributed by atoms with Gasteiger partial charge >= 0.3 is 5.97 Å². The monoisotopic (exact) mass is 310 g/mol. The first-order valence-electron chi connectivity index (χ1n) is 6.65. The lowest BCUT2D eigenvalue weighted by Crippen LogP contribution is -2.44. The van der Waals surface area contributed by atoms with Crippen molar-refractivity contribution in [3.8, 4) is 6.07 Å². The molecule has 3 N–H and O–H groups in total. The Balaban J connectivity index is 3.01. The first-order valence-corrected chi connectivity index (χ1v) is 7.47. The van der Waals surface area contributed by atoms with Crippen molar-refractivity contribution in [3.05, 3.63) is 10.4 Å². The highest BCUT2D eigenvalue weighted by Gasteiger charge is 2.25. The van der Waals surface area contributed by atoms with E-state index in [0.29, 0.717) is 17.1 Å². The van der Waals surface area contributed by atoms with Crippen molar-refractivity contribution in [1.82, 2.24) is 4.90 Å². The number of likely N-dealkylation sites (N-methyl/N-ethyl adjacent to an activating group) is 1. The van der Waals surface area contributed by atoms with Crippen LogP contribution in [0.1, 0.15) is 36.0 Å². The highest BCUT2D eigenvalue weighted by Crippen LogP contribution is 2.36. The molecule has 0 radical (unpaired) electrons. The molecule has 1 rings (SSSR count). The number of nitrogen functional groups attached to an aromatic ring is 1. The predicted molar refractivity (Wildman–Crippen MR) is 85.7 cm³/mol. The second kappa shape index (κ2) is 6.78. The number of nitrogens with zero attached hydrogens (tertiary/aromatic N) is 2. The van der Waals surface area contributed by atoms with Gasteiger partial charge in [0.1, 0.15) is 21.5 Å². The summed E-state index contributed by atoms with van der Waals surface area (Å²) in [5.74, 6) is -0.489. The van der Waals surface area contributed by atoms with Crippen molar-refractivity contribution in [2.24, 2.45) is 0 Å². The molecule has 0 saturated carbocycles. The number of esters is 1. The molecule has 0 saturated heterocycles. The number of nitrogens with one attached hydrogen (secondary N) is 1. The molecule has 0 spiro atoms. The Morgan fingerprint density at radius 1 is 1.52 bits per heavy atom. The van der Waals surface area contributed by atoms with Crippen LogP contribution in [-0.4, -0.2) is 43.7 Å². The molecule has 0 atom stereocenters. The van der Waals surface area contributed by atoms with Crippen molar-refractivity contribution in [2.45, 2.75) is 26.3 Å². The van der Waals surface area contributed by atoms with Crippen LogP contribution in [0.15, 0.2) is 0 Å². The summed E-state index contributed by atoms with van der Waals surface area (Å²) >= 11 is 1.16. The summed E-state index contributed by atoms with van der Waals surface area (Å²) in [7, 11) is 3.97. The average Bonchev–Trinajstić information content (AvgIpc) is 2.73. The van der Waals surface area contributed by atoms with Gasteiger partial charge in [-0.15, -0.1) is 11.3 Å². The van der Waals surface area contributed by atoms with Crippen LogP contribution in [-0.2, 0) is 4.74 Å². The van der Waals surface area contributed by atoms with Crippen LogP contribution in [0.3, 0.4) is 0 Å². The van der Waals surface area contributed by atoms with Gasteiger partial charge in [0.05, 0.1) is 12.3 Å². The lowest BCUT2D eigenvalue weighted by molar-refractivity contribution is 0.0533. The van der Waals surface area contributed by atoms with E-state index in [1.807, 2.05) is 20.2 Å². The maximum Gasteiger partial charge on any atom is 0.350 e. The van der Waals surface area contributed by atoms with E-state index in [2.05, 4.69) is 24.1 Å². The van der Waals surface area contributed by atoms with Crippen LogP contribution in [0.4, 0.5) is 10.7 Å². The molecular formula is C14H22N4O2S. The summed E-state index contributed by atoms with van der Waals surface area (Å²) in [5.41, 5.74) is 6.27. The third-order valence-electron chi connectivity index (χ3n) is 3.41. The Labute approximate surface area is 129 Å². The van der Waals surface area contributed by atoms with Gasteiger partial charge in [-0.05, 0) is 34.9 Å². The SMILES string of the molecule is CCOC(=O)c1sc(NCC(C)(C)N(C)C)c(C#N)c1N. The molecule has 1 heterocycles. The molecular weight excluding hydrogens is 288 g/mol. The number of hydrogen-bond acceptors (Lipinski definition) is 7. The zero-order valence-electron chi connectivity index (χ0n) is 13.1. The molecule has 6 nitrogen and oxygen atoms in total. The van der Waals surface area contributed by atoms with E-state index in [4.69, 9.17) is 10.5 Å². The molecule has 1 aromatic heterocycles. The number of anilines is 2. The van der Waals surface area contributed by atoms with E-state index in [1.54, 1.807) is 6.92 Å². The fraction of sp³-hybridized carbons (Fsp3) is 0.571. The van der Waals surface area contributed by atoms with E-state index >= 15 is 0 Å². The van der Waals surface area contributed by atoms with Gasteiger partial charge in [-0.3, -0.25) is 0 Å². The molecule has 0 bridgehead atoms. The zero-order chi connectivity index (χ0) is 16.2. The van der Waals surface area contributed by atoms with Crippen LogP contribution < -0.4 is 11.1 Å². The molecule has 0 aliphatic rings. The Morgan fingerprint density at radius 2 is 2.14 bits per heavy atom. The van der Waals surface area contributed by atoms with E-state index in [9.17, 15) is 10.1 Å². The van der Waals surface area contributed by atoms with Crippen molar-refractivity contribution in [3.63, 3.8) is 0 Å². The van der Waals surface area contributed by atoms with Gasteiger partial charge in [-0.25, -0.2) is 4.79 Å². The minimum Gasteiger partial charge on any atom is -0.462 e. The summed E-state index contributed by atoms with van der Waals surface area (Å²) in [5, 5.41) is 13.1. The fourth-order valence-electron chi connectivity index (χ4n) is 1.48. The van der Waals surface area contributed by atoms with Gasteiger partial charge in [0, 0.05) is 12.1 Å². The summed E-state index contributed by atoms with van der Waals surface area (Å²) in [6.07, 6.45) is 0. The number of nitriles is 1. The summed E-state index contributed by atoms with van der Waals surface area (Å²) < 4.78 is 4.95. The predicted octanol–water partition coefficient (Wildman–Crippen LogP) is 2.13. The maximum atomic E-state index is 11.8. The highest BCUT2D eigenvalue weighted by molar-refractivity contribution is 7.18. The third kappa shape index (κ3) is 3.86. The number of hydrogen-bond donors (Lipinski definition) is 2. The minimum absolute atomic E-state index is 0.102. The molecule has 0 aromatic carbocycles. The van der Waals surface area contributed by atoms with Gasteiger partial charge in [0.2, 0.25) is 0 Å². The molecule has 21 heavy (non-hydrogen) atoms. The van der Waals surface area contributed by atoms with Gasteiger partial charge in [-0.2, -0.15) is 5.26 Å². The van der Waals surface area contributed by atoms with Crippen molar-refractivity contribution < 1.29 is 9.53 Å². The number of thiophene rings is 1. The average molecular weight is 310 g/mol. The lowest BCUT2D eigenvalue weighted by Gasteiger charge is -2.32. The summed E-state index contributed by atoms with van der Waals surface area (Å²) in [6, 6.07) is 2.05. The third-order valence-corrected chi connectivity index (χ3v) is 4.55. The molecule has 0 aliphatic heterocycles. The molecule has 0 amide bonds. The number of ether oxygens (including phenoxy) is 1. The number of rotatable bonds is 6. The fourth-order valence-corrected chi connectivity index (χ4v) is 2.44. The molecule has 7 heteroatoms. The quantitative estimate of drug-likeness (QED) is 0.782. The Hall–Kier alpha value is -1.78. The van der Waals surface area contributed by atoms with Crippen molar-refractivity contribution in [2.75, 3.05) is 38.3 Å². The topological polar surface area (TPSA) is 91.4 Å². The van der Waals surface area contributed by atoms with Crippen molar-refractivity contribution >= 4 is 28.0 Å². The molecule has 0 unspecified atom stereocenters. The Bertz CT molecular complexity index is 558. The lowest BCUT2D eigenvalue weighted by atomic mass is 10.0. The highest BCUT2D eigenvalue weighted by atomic mass is 32.1. The largest absolute Gasteiger partial charge is 0.462 e. The standard InChI is InChI=1S/C14H22N4O2S/c1-6-20-13(19)11-10(16)9(7-15)12(21-11)17-8-14(2,3)18(4)5/h17H,6,8,16H2,1-5H3. The first kappa shape index (κ1) is 17.3. The first-order chi connectivity index (χ1) is 9.74. The molecule has 1 aromatic rings. The Kier molecular flexibility index (Phi) is 5.58. The molecule has 0 fully saturated rings. The number of nitrogens with two attached hydrogens (primary N) is 1. The summed E-state index contributed by atoms with van der Waals surface area (Å²) in [6.45, 7) is 6.78. The normalized spacial score (nSPS) is 11.3. The van der Waals surface area contributed by atoms with Crippen LogP contribution in [0.25, 0.3) is 0 Å². The van der Waals surface area contributed by atoms with Gasteiger partial charge in [0.25, 0.3) is 0 Å². The van der Waals surface area contributed by atoms with Gasteiger partial charge in [0.15, 0.2) is 0 Å². The van der Waals surface area contributed by atoms with E-state index in [0.717, 1.165) is 11.3 Å².